The summed E-state index contributed by atoms with van der Waals surface area (Å²) >= 11 is 1.43. The zero-order valence-corrected chi connectivity index (χ0v) is 11.1. The number of carbonyl (C=O) groups excluding carboxylic acids is 1. The van der Waals surface area contributed by atoms with Gasteiger partial charge in [-0.2, -0.15) is 0 Å². The maximum atomic E-state index is 12.0. The van der Waals surface area contributed by atoms with Crippen LogP contribution in [-0.4, -0.2) is 83.1 Å². The Kier molecular flexibility index (Phi) is 6.23. The molecule has 2 N–H and O–H groups in total. The summed E-state index contributed by atoms with van der Waals surface area (Å²) in [6.45, 7) is 0.870. The van der Waals surface area contributed by atoms with Gasteiger partial charge in [-0.3, -0.25) is 0 Å². The van der Waals surface area contributed by atoms with Crippen molar-refractivity contribution in [2.24, 2.45) is 0 Å². The van der Waals surface area contributed by atoms with E-state index in [2.05, 4.69) is 0 Å². The summed E-state index contributed by atoms with van der Waals surface area (Å²) < 4.78 is 5.06. The molecule has 1 aliphatic heterocycles. The van der Waals surface area contributed by atoms with E-state index < -0.39 is 12.0 Å². The summed E-state index contributed by atoms with van der Waals surface area (Å²) in [5.74, 6) is -0.147. The van der Waals surface area contributed by atoms with Crippen molar-refractivity contribution in [3.8, 4) is 0 Å². The average Bonchev–Trinajstić information content (AvgIpc) is 2.82. The van der Waals surface area contributed by atoms with Crippen LogP contribution < -0.4 is 0 Å². The number of carbonyl (C=O) groups is 2. The molecule has 1 rings (SSSR count). The van der Waals surface area contributed by atoms with Crippen LogP contribution in [0.15, 0.2) is 0 Å². The first kappa shape index (κ1) is 15.1. The second-order valence-corrected chi connectivity index (χ2v) is 4.86. The van der Waals surface area contributed by atoms with Crippen LogP contribution in [0.4, 0.5) is 4.79 Å². The highest BCUT2D eigenvalue weighted by atomic mass is 32.2. The van der Waals surface area contributed by atoms with Gasteiger partial charge >= 0.3 is 12.0 Å². The summed E-state index contributed by atoms with van der Waals surface area (Å²) in [6, 6.07) is -1.05. The molecule has 8 heteroatoms. The molecule has 0 aromatic heterocycles. The third kappa shape index (κ3) is 4.04. The number of aliphatic hydroxyl groups excluding tert-OH is 1. The number of hydrogen-bond acceptors (Lipinski definition) is 5. The highest BCUT2D eigenvalue weighted by molar-refractivity contribution is 7.99. The van der Waals surface area contributed by atoms with E-state index in [1.807, 2.05) is 0 Å². The molecule has 1 aliphatic rings. The van der Waals surface area contributed by atoms with E-state index in [0.717, 1.165) is 0 Å². The van der Waals surface area contributed by atoms with Gasteiger partial charge in [0.15, 0.2) is 0 Å². The molecule has 0 aromatic rings. The van der Waals surface area contributed by atoms with E-state index >= 15 is 0 Å². The predicted octanol–water partition coefficient (Wildman–Crippen LogP) is -0.493. The zero-order chi connectivity index (χ0) is 13.5. The Balaban J connectivity index is 2.40. The number of thioether (sulfide) groups is 1. The fourth-order valence-corrected chi connectivity index (χ4v) is 2.66. The minimum Gasteiger partial charge on any atom is -0.480 e. The van der Waals surface area contributed by atoms with E-state index in [0.29, 0.717) is 24.8 Å². The van der Waals surface area contributed by atoms with Gasteiger partial charge in [-0.1, -0.05) is 0 Å². The molecule has 0 aromatic carbocycles. The quantitative estimate of drug-likeness (QED) is 0.637. The van der Waals surface area contributed by atoms with Crippen LogP contribution in [-0.2, 0) is 9.53 Å². The Hall–Kier alpha value is -0.990. The zero-order valence-electron chi connectivity index (χ0n) is 10.2. The standard InChI is InChI=1S/C10H18N2O5S/c1-11(2-4-17-5-3-13)10(16)12-7-18-6-8(12)9(14)15/h8,13H,2-7H2,1H3,(H,14,15). The van der Waals surface area contributed by atoms with Crippen molar-refractivity contribution >= 4 is 23.8 Å². The van der Waals surface area contributed by atoms with Crippen molar-refractivity contribution in [1.82, 2.24) is 9.80 Å². The Morgan fingerprint density at radius 3 is 2.83 bits per heavy atom. The van der Waals surface area contributed by atoms with Crippen molar-refractivity contribution in [3.63, 3.8) is 0 Å². The van der Waals surface area contributed by atoms with E-state index in [1.54, 1.807) is 7.05 Å². The number of nitrogens with zero attached hydrogens (tertiary/aromatic N) is 2. The number of urea groups is 1. The van der Waals surface area contributed by atoms with E-state index in [4.69, 9.17) is 14.9 Å². The number of hydrogen-bond donors (Lipinski definition) is 2. The highest BCUT2D eigenvalue weighted by Gasteiger charge is 2.35. The number of carboxylic acids is 1. The largest absolute Gasteiger partial charge is 0.480 e. The van der Waals surface area contributed by atoms with Crippen LogP contribution in [0.1, 0.15) is 0 Å². The smallest absolute Gasteiger partial charge is 0.327 e. The van der Waals surface area contributed by atoms with E-state index in [9.17, 15) is 9.59 Å². The number of likely N-dealkylation sites (N-methyl/N-ethyl adjacent to an activating group) is 1. The third-order valence-electron chi connectivity index (χ3n) is 2.55. The predicted molar refractivity (Wildman–Crippen MR) is 66.5 cm³/mol. The molecule has 0 spiro atoms. The lowest BCUT2D eigenvalue weighted by atomic mass is 10.3. The van der Waals surface area contributed by atoms with Gasteiger partial charge in [-0.15, -0.1) is 11.8 Å². The number of aliphatic carboxylic acids is 1. The molecule has 0 aliphatic carbocycles. The van der Waals surface area contributed by atoms with Crippen LogP contribution in [0.25, 0.3) is 0 Å². The molecular weight excluding hydrogens is 260 g/mol. The van der Waals surface area contributed by atoms with Crippen molar-refractivity contribution in [3.05, 3.63) is 0 Å². The topological polar surface area (TPSA) is 90.3 Å². The molecule has 0 saturated carbocycles. The molecule has 18 heavy (non-hydrogen) atoms. The lowest BCUT2D eigenvalue weighted by Crippen LogP contribution is -2.48. The Morgan fingerprint density at radius 1 is 1.50 bits per heavy atom. The molecule has 7 nitrogen and oxygen atoms in total. The third-order valence-corrected chi connectivity index (χ3v) is 3.56. The maximum Gasteiger partial charge on any atom is 0.327 e. The molecular formula is C10H18N2O5S. The van der Waals surface area contributed by atoms with Crippen LogP contribution in [0.3, 0.4) is 0 Å². The summed E-state index contributed by atoms with van der Waals surface area (Å²) in [7, 11) is 1.60. The van der Waals surface area contributed by atoms with Gasteiger partial charge < -0.3 is 24.7 Å². The highest BCUT2D eigenvalue weighted by Crippen LogP contribution is 2.22. The van der Waals surface area contributed by atoms with Crippen molar-refractivity contribution in [1.29, 1.82) is 0 Å². The lowest BCUT2D eigenvalue weighted by Gasteiger charge is -2.26. The van der Waals surface area contributed by atoms with Gasteiger partial charge in [0.05, 0.1) is 25.7 Å². The molecule has 104 valence electrons. The fraction of sp³-hybridized carbons (Fsp3) is 0.800. The van der Waals surface area contributed by atoms with Crippen LogP contribution in [0.2, 0.25) is 0 Å². The molecule has 1 heterocycles. The van der Waals surface area contributed by atoms with Crippen LogP contribution in [0.5, 0.6) is 0 Å². The maximum absolute atomic E-state index is 12.0. The average molecular weight is 278 g/mol. The van der Waals surface area contributed by atoms with Crippen molar-refractivity contribution in [2.75, 3.05) is 45.0 Å². The summed E-state index contributed by atoms with van der Waals surface area (Å²) in [6.07, 6.45) is 0. The van der Waals surface area contributed by atoms with Gasteiger partial charge in [-0.25, -0.2) is 9.59 Å². The van der Waals surface area contributed by atoms with Gasteiger partial charge in [0.1, 0.15) is 6.04 Å². The number of carboxylic acid groups (broad SMARTS) is 1. The number of amides is 2. The summed E-state index contributed by atoms with van der Waals surface area (Å²) in [5, 5.41) is 17.5. The van der Waals surface area contributed by atoms with E-state index in [1.165, 1.54) is 21.6 Å². The first-order valence-corrected chi connectivity index (χ1v) is 6.74. The molecule has 2 amide bonds. The Bertz CT molecular complexity index is 302. The first-order valence-electron chi connectivity index (χ1n) is 5.58. The lowest BCUT2D eigenvalue weighted by molar-refractivity contribution is -0.140. The minimum absolute atomic E-state index is 0.0541. The summed E-state index contributed by atoms with van der Waals surface area (Å²) in [4.78, 5) is 25.7. The van der Waals surface area contributed by atoms with Crippen LogP contribution >= 0.6 is 11.8 Å². The molecule has 0 bridgehead atoms. The summed E-state index contributed by atoms with van der Waals surface area (Å²) in [5.41, 5.74) is 0. The van der Waals surface area contributed by atoms with Crippen LogP contribution in [0, 0.1) is 0 Å². The SMILES string of the molecule is CN(CCOCCO)C(=O)N1CSCC1C(=O)O. The van der Waals surface area contributed by atoms with E-state index in [-0.39, 0.29) is 19.2 Å². The normalized spacial score (nSPS) is 19.0. The molecule has 1 fully saturated rings. The number of aliphatic hydroxyl groups is 1. The first-order chi connectivity index (χ1) is 8.57. The second-order valence-electron chi connectivity index (χ2n) is 3.86. The molecule has 1 atom stereocenters. The molecule has 1 saturated heterocycles. The van der Waals surface area contributed by atoms with Gasteiger partial charge in [0.2, 0.25) is 0 Å². The van der Waals surface area contributed by atoms with Gasteiger partial charge in [0, 0.05) is 19.3 Å². The fourth-order valence-electron chi connectivity index (χ4n) is 1.52. The van der Waals surface area contributed by atoms with Crippen molar-refractivity contribution in [2.45, 2.75) is 6.04 Å². The molecule has 1 unspecified atom stereocenters. The monoisotopic (exact) mass is 278 g/mol. The Labute approximate surface area is 110 Å². The second kappa shape index (κ2) is 7.45. The number of rotatable bonds is 6. The van der Waals surface area contributed by atoms with Gasteiger partial charge in [-0.05, 0) is 0 Å². The number of ether oxygens (including phenoxy) is 1. The van der Waals surface area contributed by atoms with Gasteiger partial charge in [0.25, 0.3) is 0 Å². The van der Waals surface area contributed by atoms with Crippen molar-refractivity contribution < 1.29 is 24.5 Å². The Morgan fingerprint density at radius 2 is 2.22 bits per heavy atom. The minimum atomic E-state index is -0.974. The molecule has 0 radical (unpaired) electrons.